The van der Waals surface area contributed by atoms with E-state index >= 15 is 0 Å². The second-order valence-corrected chi connectivity index (χ2v) is 5.02. The van der Waals surface area contributed by atoms with Crippen LogP contribution in [0, 0.1) is 0 Å². The monoisotopic (exact) mass is 208 g/mol. The van der Waals surface area contributed by atoms with Gasteiger partial charge in [-0.1, -0.05) is 0 Å². The molecule has 3 fully saturated rings. The van der Waals surface area contributed by atoms with Crippen LogP contribution in [0.25, 0.3) is 0 Å². The maximum absolute atomic E-state index is 12.3. The van der Waals surface area contributed by atoms with Gasteiger partial charge in [-0.2, -0.15) is 0 Å². The largest absolute Gasteiger partial charge is 0.329 e. The average molecular weight is 208 g/mol. The van der Waals surface area contributed by atoms with E-state index in [9.17, 15) is 9.59 Å². The van der Waals surface area contributed by atoms with Crippen molar-refractivity contribution in [2.75, 3.05) is 13.1 Å². The molecule has 15 heavy (non-hydrogen) atoms. The second kappa shape index (κ2) is 2.74. The standard InChI is InChI=1S/C11H16N2O2/c1-11-5-3-7-13(11)9(14)8-4-2-6-12(8)10(11)15/h8H,2-7H2,1H3/t8-,11-/m0/s1. The minimum Gasteiger partial charge on any atom is -0.329 e. The van der Waals surface area contributed by atoms with Gasteiger partial charge in [0.25, 0.3) is 0 Å². The number of carbonyl (C=O) groups is 2. The molecule has 4 nitrogen and oxygen atoms in total. The van der Waals surface area contributed by atoms with Gasteiger partial charge in [0.05, 0.1) is 0 Å². The summed E-state index contributed by atoms with van der Waals surface area (Å²) in [7, 11) is 0. The third kappa shape index (κ3) is 0.971. The Labute approximate surface area is 89.2 Å². The number of fused-ring (bicyclic) bond motifs is 2. The predicted molar refractivity (Wildman–Crippen MR) is 54.1 cm³/mol. The quantitative estimate of drug-likeness (QED) is 0.577. The third-order valence-electron chi connectivity index (χ3n) is 4.17. The van der Waals surface area contributed by atoms with Crippen LogP contribution in [0.2, 0.25) is 0 Å². The van der Waals surface area contributed by atoms with Crippen LogP contribution in [0.3, 0.4) is 0 Å². The first-order valence-corrected chi connectivity index (χ1v) is 5.77. The Morgan fingerprint density at radius 1 is 1.27 bits per heavy atom. The molecule has 0 unspecified atom stereocenters. The fraction of sp³-hybridized carbons (Fsp3) is 0.818. The Balaban J connectivity index is 2.03. The van der Waals surface area contributed by atoms with E-state index in [0.717, 1.165) is 38.8 Å². The van der Waals surface area contributed by atoms with Gasteiger partial charge in [0.2, 0.25) is 11.8 Å². The van der Waals surface area contributed by atoms with Gasteiger partial charge in [-0.3, -0.25) is 9.59 Å². The lowest BCUT2D eigenvalue weighted by Crippen LogP contribution is -2.66. The van der Waals surface area contributed by atoms with Gasteiger partial charge in [0.1, 0.15) is 11.6 Å². The number of carbonyl (C=O) groups excluding carboxylic acids is 2. The molecule has 0 bridgehead atoms. The van der Waals surface area contributed by atoms with E-state index in [1.165, 1.54) is 0 Å². The lowest BCUT2D eigenvalue weighted by Gasteiger charge is -2.45. The molecule has 2 atom stereocenters. The molecule has 3 aliphatic heterocycles. The molecule has 0 aromatic rings. The summed E-state index contributed by atoms with van der Waals surface area (Å²) >= 11 is 0. The molecule has 82 valence electrons. The fourth-order valence-corrected chi connectivity index (χ4v) is 3.29. The van der Waals surface area contributed by atoms with Crippen molar-refractivity contribution >= 4 is 11.8 Å². The zero-order valence-corrected chi connectivity index (χ0v) is 9.03. The lowest BCUT2D eigenvalue weighted by atomic mass is 9.92. The Morgan fingerprint density at radius 2 is 2.07 bits per heavy atom. The summed E-state index contributed by atoms with van der Waals surface area (Å²) in [6, 6.07) is -0.135. The second-order valence-electron chi connectivity index (χ2n) is 5.02. The van der Waals surface area contributed by atoms with Crippen LogP contribution in [0.15, 0.2) is 0 Å². The summed E-state index contributed by atoms with van der Waals surface area (Å²) in [6.07, 6.45) is 3.64. The van der Waals surface area contributed by atoms with Crippen LogP contribution in [0.5, 0.6) is 0 Å². The van der Waals surface area contributed by atoms with Crippen molar-refractivity contribution in [1.82, 2.24) is 9.80 Å². The van der Waals surface area contributed by atoms with Crippen molar-refractivity contribution in [2.45, 2.75) is 44.2 Å². The molecule has 3 heterocycles. The van der Waals surface area contributed by atoms with E-state index < -0.39 is 5.54 Å². The minimum atomic E-state index is -0.516. The van der Waals surface area contributed by atoms with Gasteiger partial charge >= 0.3 is 0 Å². The fourth-order valence-electron chi connectivity index (χ4n) is 3.29. The van der Waals surface area contributed by atoms with Gasteiger partial charge in [0.15, 0.2) is 0 Å². The summed E-state index contributed by atoms with van der Waals surface area (Å²) in [4.78, 5) is 28.1. The lowest BCUT2D eigenvalue weighted by molar-refractivity contribution is -0.164. The Bertz CT molecular complexity index is 341. The summed E-state index contributed by atoms with van der Waals surface area (Å²) in [6.45, 7) is 3.47. The average Bonchev–Trinajstić information content (AvgIpc) is 2.81. The first-order chi connectivity index (χ1) is 7.14. The number of hydrogen-bond acceptors (Lipinski definition) is 2. The molecule has 0 radical (unpaired) electrons. The highest BCUT2D eigenvalue weighted by Crippen LogP contribution is 2.38. The van der Waals surface area contributed by atoms with Crippen molar-refractivity contribution < 1.29 is 9.59 Å². The van der Waals surface area contributed by atoms with Crippen LogP contribution in [-0.2, 0) is 9.59 Å². The molecular weight excluding hydrogens is 192 g/mol. The summed E-state index contributed by atoms with van der Waals surface area (Å²) in [5, 5.41) is 0. The van der Waals surface area contributed by atoms with Crippen molar-refractivity contribution in [1.29, 1.82) is 0 Å². The van der Waals surface area contributed by atoms with Gasteiger partial charge in [-0.05, 0) is 32.6 Å². The van der Waals surface area contributed by atoms with Gasteiger partial charge < -0.3 is 9.80 Å². The zero-order chi connectivity index (χ0) is 10.6. The molecule has 3 rings (SSSR count). The highest BCUT2D eigenvalue weighted by Gasteiger charge is 2.56. The van der Waals surface area contributed by atoms with Crippen LogP contribution < -0.4 is 0 Å². The van der Waals surface area contributed by atoms with Gasteiger partial charge in [-0.25, -0.2) is 0 Å². The SMILES string of the molecule is C[C@@]12CCCN1C(=O)[C@@H]1CCCN1C2=O. The van der Waals surface area contributed by atoms with Crippen molar-refractivity contribution in [3.63, 3.8) is 0 Å². The number of nitrogens with zero attached hydrogens (tertiary/aromatic N) is 2. The molecule has 0 N–H and O–H groups in total. The van der Waals surface area contributed by atoms with Crippen molar-refractivity contribution in [3.8, 4) is 0 Å². The normalized spacial score (nSPS) is 39.7. The number of rotatable bonds is 0. The molecule has 4 heteroatoms. The van der Waals surface area contributed by atoms with E-state index in [4.69, 9.17) is 0 Å². The third-order valence-corrected chi connectivity index (χ3v) is 4.17. The summed E-state index contributed by atoms with van der Waals surface area (Å²) < 4.78 is 0. The minimum absolute atomic E-state index is 0.135. The van der Waals surface area contributed by atoms with Crippen molar-refractivity contribution in [2.24, 2.45) is 0 Å². The molecule has 0 aromatic heterocycles. The van der Waals surface area contributed by atoms with Crippen molar-refractivity contribution in [3.05, 3.63) is 0 Å². The maximum Gasteiger partial charge on any atom is 0.248 e. The van der Waals surface area contributed by atoms with E-state index in [-0.39, 0.29) is 17.9 Å². The van der Waals surface area contributed by atoms with E-state index in [1.54, 1.807) is 0 Å². The van der Waals surface area contributed by atoms with Crippen LogP contribution in [0.1, 0.15) is 32.6 Å². The Hall–Kier alpha value is -1.06. The topological polar surface area (TPSA) is 40.6 Å². The molecule has 0 spiro atoms. The van der Waals surface area contributed by atoms with Gasteiger partial charge in [0, 0.05) is 13.1 Å². The smallest absolute Gasteiger partial charge is 0.248 e. The van der Waals surface area contributed by atoms with E-state index in [0.29, 0.717) is 0 Å². The van der Waals surface area contributed by atoms with Crippen LogP contribution >= 0.6 is 0 Å². The first kappa shape index (κ1) is 9.19. The number of amides is 2. The molecule has 3 aliphatic rings. The summed E-state index contributed by atoms with van der Waals surface area (Å²) in [5.74, 6) is 0.370. The number of piperazine rings is 1. The zero-order valence-electron chi connectivity index (χ0n) is 9.03. The highest BCUT2D eigenvalue weighted by atomic mass is 16.2. The van der Waals surface area contributed by atoms with Crippen LogP contribution in [-0.4, -0.2) is 46.3 Å². The van der Waals surface area contributed by atoms with Crippen LogP contribution in [0.4, 0.5) is 0 Å². The van der Waals surface area contributed by atoms with Gasteiger partial charge in [-0.15, -0.1) is 0 Å². The highest BCUT2D eigenvalue weighted by molar-refractivity contribution is 6.00. The predicted octanol–water partition coefficient (Wildman–Crippen LogP) is 0.372. The summed E-state index contributed by atoms with van der Waals surface area (Å²) in [5.41, 5.74) is -0.516. The Morgan fingerprint density at radius 3 is 2.87 bits per heavy atom. The molecule has 0 aliphatic carbocycles. The molecule has 0 aromatic carbocycles. The van der Waals surface area contributed by atoms with E-state index in [2.05, 4.69) is 0 Å². The molecular formula is C11H16N2O2. The molecule has 3 saturated heterocycles. The Kier molecular flexibility index (Phi) is 1.68. The van der Waals surface area contributed by atoms with E-state index in [1.807, 2.05) is 16.7 Å². The molecule has 0 saturated carbocycles. The first-order valence-electron chi connectivity index (χ1n) is 5.77. The maximum atomic E-state index is 12.3. The molecule has 2 amide bonds. The number of hydrogen-bond donors (Lipinski definition) is 0.